The second-order valence-corrected chi connectivity index (χ2v) is 14.1. The van der Waals surface area contributed by atoms with Gasteiger partial charge in [-0.05, 0) is 80.8 Å². The van der Waals surface area contributed by atoms with E-state index in [1.165, 1.54) is 16.8 Å². The Labute approximate surface area is 294 Å². The number of hydrogen-bond donors (Lipinski definition) is 1. The third-order valence-electron chi connectivity index (χ3n) is 8.41. The van der Waals surface area contributed by atoms with Crippen molar-refractivity contribution in [3.05, 3.63) is 129 Å². The van der Waals surface area contributed by atoms with Crippen LogP contribution >= 0.6 is 7.75 Å². The van der Waals surface area contributed by atoms with E-state index < -0.39 is 24.2 Å². The van der Waals surface area contributed by atoms with E-state index >= 15 is 0 Å². The molecule has 1 N–H and O–H groups in total. The number of methoxy groups -OCH3 is 2. The van der Waals surface area contributed by atoms with Crippen molar-refractivity contribution in [1.29, 1.82) is 0 Å². The summed E-state index contributed by atoms with van der Waals surface area (Å²) in [4.78, 5) is 22.3. The Kier molecular flexibility index (Phi) is 13.2. The van der Waals surface area contributed by atoms with Crippen LogP contribution in [0.1, 0.15) is 62.8 Å². The second-order valence-electron chi connectivity index (χ2n) is 12.4. The summed E-state index contributed by atoms with van der Waals surface area (Å²) in [6.07, 6.45) is 0. The van der Waals surface area contributed by atoms with Crippen LogP contribution in [-0.2, 0) is 19.4 Å². The normalized spacial score (nSPS) is 13.7. The maximum absolute atomic E-state index is 12.9. The lowest BCUT2D eigenvalue weighted by molar-refractivity contribution is -0.385. The molecule has 0 aliphatic rings. The molecule has 4 rings (SSSR count). The van der Waals surface area contributed by atoms with Crippen molar-refractivity contribution in [3.63, 3.8) is 0 Å². The molecular formula is C38H47N2O9P. The van der Waals surface area contributed by atoms with Crippen molar-refractivity contribution in [2.45, 2.75) is 58.2 Å². The van der Waals surface area contributed by atoms with Crippen LogP contribution in [-0.4, -0.2) is 60.6 Å². The van der Waals surface area contributed by atoms with Crippen LogP contribution in [0.5, 0.6) is 17.2 Å². The molecule has 0 amide bonds. The second kappa shape index (κ2) is 17.1. The smallest absolute Gasteiger partial charge is 0.406 e. The molecule has 50 heavy (non-hydrogen) atoms. The van der Waals surface area contributed by atoms with E-state index in [0.29, 0.717) is 22.8 Å². The highest BCUT2D eigenvalue weighted by Crippen LogP contribution is 2.49. The van der Waals surface area contributed by atoms with Crippen molar-refractivity contribution >= 4 is 13.4 Å². The number of nitrogens with zero attached hydrogens (tertiary/aromatic N) is 2. The molecule has 0 aliphatic heterocycles. The Morgan fingerprint density at radius 3 is 1.74 bits per heavy atom. The number of ether oxygens (including phenoxy) is 4. The summed E-state index contributed by atoms with van der Waals surface area (Å²) >= 11 is 0. The average molecular weight is 707 g/mol. The van der Waals surface area contributed by atoms with Gasteiger partial charge >= 0.3 is 7.75 Å². The highest BCUT2D eigenvalue weighted by atomic mass is 31.2. The summed E-state index contributed by atoms with van der Waals surface area (Å²) in [5, 5.41) is 12.2. The SMILES string of the molecule is COc1ccc(C(OCC(C)c2cc(OCCOP(=O)(O)N(C(C)C)C(C)C)ccc2[N+](=O)[O-])(c2ccccc2)c2ccc(OC)cc2)cc1. The van der Waals surface area contributed by atoms with Crippen LogP contribution in [0.15, 0.2) is 97.1 Å². The van der Waals surface area contributed by atoms with Crippen molar-refractivity contribution in [1.82, 2.24) is 4.67 Å². The lowest BCUT2D eigenvalue weighted by Gasteiger charge is -2.37. The molecule has 0 spiro atoms. The van der Waals surface area contributed by atoms with Crippen LogP contribution in [0.25, 0.3) is 0 Å². The lowest BCUT2D eigenvalue weighted by atomic mass is 9.79. The minimum Gasteiger partial charge on any atom is -0.497 e. The summed E-state index contributed by atoms with van der Waals surface area (Å²) in [6.45, 7) is 9.05. The lowest BCUT2D eigenvalue weighted by Crippen LogP contribution is -2.35. The minimum absolute atomic E-state index is 0.0389. The molecule has 11 nitrogen and oxygen atoms in total. The molecule has 0 aliphatic carbocycles. The van der Waals surface area contributed by atoms with Gasteiger partial charge in [0.2, 0.25) is 0 Å². The van der Waals surface area contributed by atoms with Gasteiger partial charge < -0.3 is 23.8 Å². The predicted molar refractivity (Wildman–Crippen MR) is 193 cm³/mol. The topological polar surface area (TPSA) is 130 Å². The molecule has 0 aromatic heterocycles. The molecule has 0 saturated heterocycles. The van der Waals surface area contributed by atoms with E-state index in [1.807, 2.05) is 113 Å². The van der Waals surface area contributed by atoms with Gasteiger partial charge in [-0.2, -0.15) is 0 Å². The van der Waals surface area contributed by atoms with Gasteiger partial charge in [0.1, 0.15) is 29.5 Å². The zero-order chi connectivity index (χ0) is 36.5. The predicted octanol–water partition coefficient (Wildman–Crippen LogP) is 8.34. The van der Waals surface area contributed by atoms with Crippen molar-refractivity contribution < 1.29 is 37.9 Å². The first-order valence-corrected chi connectivity index (χ1v) is 18.0. The molecule has 0 bridgehead atoms. The molecule has 4 aromatic rings. The van der Waals surface area contributed by atoms with Gasteiger partial charge in [-0.25, -0.2) is 9.24 Å². The van der Waals surface area contributed by atoms with Gasteiger partial charge in [-0.3, -0.25) is 14.6 Å². The van der Waals surface area contributed by atoms with E-state index in [1.54, 1.807) is 20.3 Å². The Hall–Kier alpha value is -4.25. The zero-order valence-corrected chi connectivity index (χ0v) is 30.5. The molecular weight excluding hydrogens is 659 g/mol. The molecule has 268 valence electrons. The molecule has 0 fully saturated rings. The summed E-state index contributed by atoms with van der Waals surface area (Å²) in [7, 11) is -0.843. The van der Waals surface area contributed by atoms with E-state index in [4.69, 9.17) is 23.5 Å². The number of benzene rings is 4. The summed E-state index contributed by atoms with van der Waals surface area (Å²) in [5.74, 6) is 1.28. The Balaban J connectivity index is 1.64. The van der Waals surface area contributed by atoms with Gasteiger partial charge in [0.15, 0.2) is 0 Å². The summed E-state index contributed by atoms with van der Waals surface area (Å²) in [5.41, 5.74) is 1.77. The third kappa shape index (κ3) is 8.91. The molecule has 0 radical (unpaired) electrons. The number of nitro benzene ring substituents is 1. The monoisotopic (exact) mass is 706 g/mol. The number of nitro groups is 1. The van der Waals surface area contributed by atoms with Crippen LogP contribution in [0.4, 0.5) is 5.69 Å². The summed E-state index contributed by atoms with van der Waals surface area (Å²) < 4.78 is 43.4. The fourth-order valence-corrected chi connectivity index (χ4v) is 7.77. The van der Waals surface area contributed by atoms with Crippen LogP contribution in [0.3, 0.4) is 0 Å². The fraction of sp³-hybridized carbons (Fsp3) is 0.368. The average Bonchev–Trinajstić information content (AvgIpc) is 3.10. The molecule has 12 heteroatoms. The van der Waals surface area contributed by atoms with E-state index in [0.717, 1.165) is 16.7 Å². The molecule has 2 atom stereocenters. The van der Waals surface area contributed by atoms with E-state index in [2.05, 4.69) is 0 Å². The third-order valence-corrected chi connectivity index (χ3v) is 10.4. The van der Waals surface area contributed by atoms with Gasteiger partial charge in [-0.15, -0.1) is 0 Å². The largest absolute Gasteiger partial charge is 0.497 e. The zero-order valence-electron chi connectivity index (χ0n) is 29.6. The van der Waals surface area contributed by atoms with Crippen LogP contribution in [0, 0.1) is 10.1 Å². The van der Waals surface area contributed by atoms with Gasteiger partial charge in [0.25, 0.3) is 5.69 Å². The van der Waals surface area contributed by atoms with Crippen molar-refractivity contribution in [2.75, 3.05) is 34.0 Å². The first-order chi connectivity index (χ1) is 23.8. The Bertz CT molecular complexity index is 1680. The Morgan fingerprint density at radius 2 is 1.26 bits per heavy atom. The van der Waals surface area contributed by atoms with Gasteiger partial charge in [-0.1, -0.05) is 61.5 Å². The maximum atomic E-state index is 12.9. The molecule has 0 saturated carbocycles. The van der Waals surface area contributed by atoms with Crippen LogP contribution < -0.4 is 14.2 Å². The number of hydrogen-bond acceptors (Lipinski definition) is 8. The van der Waals surface area contributed by atoms with Gasteiger partial charge in [0.05, 0.1) is 32.4 Å². The first kappa shape index (κ1) is 38.6. The number of rotatable bonds is 18. The molecule has 0 heterocycles. The Morgan fingerprint density at radius 1 is 0.760 bits per heavy atom. The van der Waals surface area contributed by atoms with Crippen LogP contribution in [0.2, 0.25) is 0 Å². The first-order valence-electron chi connectivity index (χ1n) is 16.5. The fourth-order valence-electron chi connectivity index (χ4n) is 6.16. The summed E-state index contributed by atoms with van der Waals surface area (Å²) in [6, 6.07) is 29.2. The van der Waals surface area contributed by atoms with Gasteiger partial charge in [0, 0.05) is 29.6 Å². The quantitative estimate of drug-likeness (QED) is 0.0354. The van der Waals surface area contributed by atoms with Crippen molar-refractivity contribution in [3.8, 4) is 17.2 Å². The maximum Gasteiger partial charge on any atom is 0.406 e. The molecule has 2 unspecified atom stereocenters. The van der Waals surface area contributed by atoms with Crippen molar-refractivity contribution in [2.24, 2.45) is 0 Å². The highest BCUT2D eigenvalue weighted by Gasteiger charge is 2.39. The standard InChI is InChI=1S/C38H47N2O9P/c1-27(2)39(28(3)4)50(43,44)49-24-23-47-35-21-22-37(40(41)42)36(25-35)29(5)26-48-38(30-11-9-8-10-12-30,31-13-17-33(45-6)18-14-31)32-15-19-34(46-7)20-16-32/h8-22,25,27-29H,23-24,26H2,1-7H3,(H,43,44). The van der Waals surface area contributed by atoms with E-state index in [9.17, 15) is 19.6 Å². The molecule has 4 aromatic carbocycles. The highest BCUT2D eigenvalue weighted by molar-refractivity contribution is 7.50. The minimum atomic E-state index is -4.06. The van der Waals surface area contributed by atoms with E-state index in [-0.39, 0.29) is 37.6 Å².